The van der Waals surface area contributed by atoms with Crippen LogP contribution in [0.3, 0.4) is 0 Å². The fourth-order valence-electron chi connectivity index (χ4n) is 1.74. The van der Waals surface area contributed by atoms with Crippen LogP contribution in [-0.2, 0) is 15.6 Å². The Kier molecular flexibility index (Phi) is 4.11. The lowest BCUT2D eigenvalue weighted by Gasteiger charge is -2.05. The Labute approximate surface area is 121 Å². The van der Waals surface area contributed by atoms with E-state index in [0.717, 1.165) is 0 Å². The van der Waals surface area contributed by atoms with Crippen LogP contribution in [0.1, 0.15) is 15.9 Å². The van der Waals surface area contributed by atoms with Gasteiger partial charge in [0.2, 0.25) is 0 Å². The predicted octanol–water partition coefficient (Wildman–Crippen LogP) is 3.01. The lowest BCUT2D eigenvalue weighted by molar-refractivity contribution is 0.0696. The summed E-state index contributed by atoms with van der Waals surface area (Å²) in [7, 11) is -3.52. The van der Waals surface area contributed by atoms with Crippen molar-refractivity contribution in [1.29, 1.82) is 0 Å². The Morgan fingerprint density at radius 3 is 2.35 bits per heavy atom. The van der Waals surface area contributed by atoms with E-state index in [-0.39, 0.29) is 16.2 Å². The Morgan fingerprint density at radius 1 is 1.10 bits per heavy atom. The van der Waals surface area contributed by atoms with Crippen molar-refractivity contribution in [2.75, 3.05) is 0 Å². The summed E-state index contributed by atoms with van der Waals surface area (Å²) >= 11 is 5.72. The first-order valence-corrected chi connectivity index (χ1v) is 7.72. The molecule has 0 fully saturated rings. The number of carboxylic acid groups (broad SMARTS) is 1. The third-order valence-electron chi connectivity index (χ3n) is 2.70. The molecule has 0 heterocycles. The largest absolute Gasteiger partial charge is 0.478 e. The van der Waals surface area contributed by atoms with Crippen molar-refractivity contribution < 1.29 is 18.3 Å². The van der Waals surface area contributed by atoms with Gasteiger partial charge in [0.05, 0.1) is 16.2 Å². The third-order valence-corrected chi connectivity index (χ3v) is 4.66. The van der Waals surface area contributed by atoms with Crippen molar-refractivity contribution in [3.63, 3.8) is 0 Å². The normalized spacial score (nSPS) is 11.2. The Bertz CT molecular complexity index is 736. The number of aromatic carboxylic acids is 1. The summed E-state index contributed by atoms with van der Waals surface area (Å²) in [5.74, 6) is -1.34. The molecule has 0 bridgehead atoms. The van der Waals surface area contributed by atoms with Gasteiger partial charge in [0.25, 0.3) is 0 Å². The second-order valence-corrected chi connectivity index (χ2v) is 6.64. The highest BCUT2D eigenvalue weighted by Gasteiger charge is 2.16. The Morgan fingerprint density at radius 2 is 1.75 bits per heavy atom. The fourth-order valence-corrected chi connectivity index (χ4v) is 3.20. The Balaban J connectivity index is 2.31. The van der Waals surface area contributed by atoms with Crippen molar-refractivity contribution in [3.05, 3.63) is 64.7 Å². The molecule has 2 aromatic rings. The number of halogens is 1. The van der Waals surface area contributed by atoms with Crippen LogP contribution in [0.5, 0.6) is 0 Å². The SMILES string of the molecule is O=C(O)c1cccc(CS(=O)(=O)c2ccc(Cl)cc2)c1. The number of carbonyl (C=O) groups is 1. The lowest BCUT2D eigenvalue weighted by atomic mass is 10.1. The molecule has 0 saturated heterocycles. The van der Waals surface area contributed by atoms with E-state index in [0.29, 0.717) is 10.6 Å². The summed E-state index contributed by atoms with van der Waals surface area (Å²) in [4.78, 5) is 11.0. The van der Waals surface area contributed by atoms with Gasteiger partial charge in [-0.1, -0.05) is 23.7 Å². The predicted molar refractivity (Wildman–Crippen MR) is 75.7 cm³/mol. The molecule has 0 saturated carbocycles. The fraction of sp³-hybridized carbons (Fsp3) is 0.0714. The average molecular weight is 311 g/mol. The minimum Gasteiger partial charge on any atom is -0.478 e. The molecule has 0 spiro atoms. The minimum absolute atomic E-state index is 0.0637. The van der Waals surface area contributed by atoms with Gasteiger partial charge in [-0.05, 0) is 42.0 Å². The molecule has 0 radical (unpaired) electrons. The number of hydrogen-bond donors (Lipinski definition) is 1. The van der Waals surface area contributed by atoms with Crippen LogP contribution in [0.25, 0.3) is 0 Å². The number of hydrogen-bond acceptors (Lipinski definition) is 3. The third kappa shape index (κ3) is 3.37. The Hall–Kier alpha value is -1.85. The van der Waals surface area contributed by atoms with Gasteiger partial charge in [-0.3, -0.25) is 0 Å². The van der Waals surface area contributed by atoms with Crippen LogP contribution in [-0.4, -0.2) is 19.5 Å². The van der Waals surface area contributed by atoms with Gasteiger partial charge in [-0.15, -0.1) is 0 Å². The molecule has 0 aliphatic rings. The van der Waals surface area contributed by atoms with Crippen molar-refractivity contribution in [2.24, 2.45) is 0 Å². The van der Waals surface area contributed by atoms with Crippen LogP contribution in [0.15, 0.2) is 53.4 Å². The van der Waals surface area contributed by atoms with Gasteiger partial charge in [-0.25, -0.2) is 13.2 Å². The van der Waals surface area contributed by atoms with E-state index >= 15 is 0 Å². The lowest BCUT2D eigenvalue weighted by Crippen LogP contribution is -2.06. The zero-order chi connectivity index (χ0) is 14.8. The molecule has 104 valence electrons. The van der Waals surface area contributed by atoms with Crippen molar-refractivity contribution in [3.8, 4) is 0 Å². The number of rotatable bonds is 4. The molecule has 6 heteroatoms. The quantitative estimate of drug-likeness (QED) is 0.942. The zero-order valence-electron chi connectivity index (χ0n) is 10.3. The van der Waals surface area contributed by atoms with E-state index in [4.69, 9.17) is 16.7 Å². The first-order valence-electron chi connectivity index (χ1n) is 5.69. The molecule has 1 N–H and O–H groups in total. The number of carboxylic acids is 1. The highest BCUT2D eigenvalue weighted by Crippen LogP contribution is 2.19. The molecule has 0 aliphatic carbocycles. The number of benzene rings is 2. The highest BCUT2D eigenvalue weighted by molar-refractivity contribution is 7.90. The molecule has 20 heavy (non-hydrogen) atoms. The summed E-state index contributed by atoms with van der Waals surface area (Å²) in [6.07, 6.45) is 0. The first kappa shape index (κ1) is 14.6. The molecule has 2 aromatic carbocycles. The zero-order valence-corrected chi connectivity index (χ0v) is 11.9. The van der Waals surface area contributed by atoms with Gasteiger partial charge in [-0.2, -0.15) is 0 Å². The standard InChI is InChI=1S/C14H11ClO4S/c15-12-4-6-13(7-5-12)20(18,19)9-10-2-1-3-11(8-10)14(16)17/h1-8H,9H2,(H,16,17). The van der Waals surface area contributed by atoms with E-state index in [1.165, 1.54) is 42.5 Å². The topological polar surface area (TPSA) is 71.4 Å². The van der Waals surface area contributed by atoms with E-state index < -0.39 is 15.8 Å². The van der Waals surface area contributed by atoms with Gasteiger partial charge >= 0.3 is 5.97 Å². The van der Waals surface area contributed by atoms with Crippen LogP contribution >= 0.6 is 11.6 Å². The minimum atomic E-state index is -3.52. The van der Waals surface area contributed by atoms with Crippen molar-refractivity contribution >= 4 is 27.4 Å². The van der Waals surface area contributed by atoms with E-state index in [9.17, 15) is 13.2 Å². The molecule has 0 atom stereocenters. The molecular formula is C14H11ClO4S. The second-order valence-electron chi connectivity index (χ2n) is 4.22. The molecule has 2 rings (SSSR count). The van der Waals surface area contributed by atoms with Crippen LogP contribution < -0.4 is 0 Å². The van der Waals surface area contributed by atoms with Gasteiger partial charge in [0, 0.05) is 5.02 Å². The summed E-state index contributed by atoms with van der Waals surface area (Å²) in [6.45, 7) is 0. The van der Waals surface area contributed by atoms with Gasteiger partial charge < -0.3 is 5.11 Å². The smallest absolute Gasteiger partial charge is 0.335 e. The summed E-state index contributed by atoms with van der Waals surface area (Å²) in [6, 6.07) is 11.7. The summed E-state index contributed by atoms with van der Waals surface area (Å²) < 4.78 is 24.4. The van der Waals surface area contributed by atoms with Crippen molar-refractivity contribution in [1.82, 2.24) is 0 Å². The maximum Gasteiger partial charge on any atom is 0.335 e. The molecule has 0 aromatic heterocycles. The molecular weight excluding hydrogens is 300 g/mol. The van der Waals surface area contributed by atoms with E-state index in [2.05, 4.69) is 0 Å². The van der Waals surface area contributed by atoms with Crippen LogP contribution in [0, 0.1) is 0 Å². The highest BCUT2D eigenvalue weighted by atomic mass is 35.5. The molecule has 0 amide bonds. The maximum atomic E-state index is 12.2. The van der Waals surface area contributed by atoms with Crippen LogP contribution in [0.4, 0.5) is 0 Å². The average Bonchev–Trinajstić information content (AvgIpc) is 2.39. The van der Waals surface area contributed by atoms with Gasteiger partial charge in [0.1, 0.15) is 0 Å². The molecule has 0 aliphatic heterocycles. The molecule has 0 unspecified atom stereocenters. The number of sulfone groups is 1. The summed E-state index contributed by atoms with van der Waals surface area (Å²) in [5, 5.41) is 9.35. The summed E-state index contributed by atoms with van der Waals surface area (Å²) in [5.41, 5.74) is 0.494. The monoisotopic (exact) mass is 310 g/mol. The maximum absolute atomic E-state index is 12.2. The van der Waals surface area contributed by atoms with Gasteiger partial charge in [0.15, 0.2) is 9.84 Å². The van der Waals surface area contributed by atoms with Crippen LogP contribution in [0.2, 0.25) is 5.02 Å². The van der Waals surface area contributed by atoms with E-state index in [1.807, 2.05) is 0 Å². The van der Waals surface area contributed by atoms with Crippen molar-refractivity contribution in [2.45, 2.75) is 10.6 Å². The van der Waals surface area contributed by atoms with E-state index in [1.54, 1.807) is 6.07 Å². The first-order chi connectivity index (χ1) is 9.38. The second kappa shape index (κ2) is 5.64. The molecule has 4 nitrogen and oxygen atoms in total.